The number of ketones is 1. The molecule has 0 unspecified atom stereocenters. The molecule has 1 fully saturated rings. The van der Waals surface area contributed by atoms with Gasteiger partial charge in [-0.3, -0.25) is 9.79 Å². The molecule has 5 nitrogen and oxygen atoms in total. The van der Waals surface area contributed by atoms with Crippen molar-refractivity contribution >= 4 is 28.8 Å². The Kier molecular flexibility index (Phi) is 5.54. The summed E-state index contributed by atoms with van der Waals surface area (Å²) in [7, 11) is 1.72. The number of aliphatic imine (C=N–C) groups is 1. The van der Waals surface area contributed by atoms with Crippen LogP contribution in [0.4, 0.5) is 10.1 Å². The zero-order chi connectivity index (χ0) is 21.5. The van der Waals surface area contributed by atoms with Crippen LogP contribution in [-0.4, -0.2) is 62.3 Å². The first-order valence-electron chi connectivity index (χ1n) is 10.7. The lowest BCUT2D eigenvalue weighted by Gasteiger charge is -2.41. The lowest BCUT2D eigenvalue weighted by Crippen LogP contribution is -2.46. The summed E-state index contributed by atoms with van der Waals surface area (Å²) in [6.45, 7) is 3.55. The van der Waals surface area contributed by atoms with Gasteiger partial charge in [0.15, 0.2) is 5.78 Å². The zero-order valence-corrected chi connectivity index (χ0v) is 18.2. The van der Waals surface area contributed by atoms with E-state index < -0.39 is 5.82 Å². The molecule has 0 bridgehead atoms. The summed E-state index contributed by atoms with van der Waals surface area (Å²) < 4.78 is 19.6. The number of carbonyl (C=O) groups is 1. The average Bonchev–Trinajstić information content (AvgIpc) is 3.23. The predicted octanol–water partition coefficient (Wildman–Crippen LogP) is 4.01. The van der Waals surface area contributed by atoms with Crippen molar-refractivity contribution in [2.24, 2.45) is 10.9 Å². The van der Waals surface area contributed by atoms with Gasteiger partial charge in [-0.2, -0.15) is 0 Å². The maximum Gasteiger partial charge on any atom is 0.185 e. The normalized spacial score (nSPS) is 25.2. The summed E-state index contributed by atoms with van der Waals surface area (Å²) in [6.07, 6.45) is 1.02. The highest BCUT2D eigenvalue weighted by Gasteiger charge is 2.44. The number of hydrogen-bond acceptors (Lipinski definition) is 5. The van der Waals surface area contributed by atoms with Gasteiger partial charge in [0.25, 0.3) is 0 Å². The van der Waals surface area contributed by atoms with E-state index in [1.54, 1.807) is 7.11 Å². The van der Waals surface area contributed by atoms with Crippen LogP contribution in [-0.2, 0) is 4.74 Å². The molecular weight excluding hydrogens is 417 g/mol. The van der Waals surface area contributed by atoms with Gasteiger partial charge in [0.05, 0.1) is 12.3 Å². The van der Waals surface area contributed by atoms with Crippen molar-refractivity contribution in [2.75, 3.05) is 45.2 Å². The summed E-state index contributed by atoms with van der Waals surface area (Å²) in [6, 6.07) is 10.6. The maximum atomic E-state index is 14.4. The summed E-state index contributed by atoms with van der Waals surface area (Å²) in [5, 5.41) is 4.28. The van der Waals surface area contributed by atoms with Gasteiger partial charge in [0.1, 0.15) is 12.4 Å². The van der Waals surface area contributed by atoms with Gasteiger partial charge in [-0.05, 0) is 42.6 Å². The molecule has 0 spiro atoms. The van der Waals surface area contributed by atoms with E-state index in [0.717, 1.165) is 42.9 Å². The molecule has 3 aliphatic heterocycles. The van der Waals surface area contributed by atoms with E-state index in [-0.39, 0.29) is 24.3 Å². The molecule has 2 aromatic carbocycles. The van der Waals surface area contributed by atoms with Gasteiger partial charge in [0.2, 0.25) is 0 Å². The maximum absolute atomic E-state index is 14.4. The highest BCUT2D eigenvalue weighted by atomic mass is 35.5. The molecule has 3 aliphatic rings. The van der Waals surface area contributed by atoms with Crippen LogP contribution in [0, 0.1) is 11.7 Å². The van der Waals surface area contributed by atoms with Crippen LogP contribution in [0.2, 0.25) is 5.02 Å². The van der Waals surface area contributed by atoms with Crippen molar-refractivity contribution in [2.45, 2.75) is 18.4 Å². The minimum absolute atomic E-state index is 0.00143. The van der Waals surface area contributed by atoms with Crippen molar-refractivity contribution in [1.82, 2.24) is 4.90 Å². The molecular formula is C24H25ClFN3O2. The van der Waals surface area contributed by atoms with Gasteiger partial charge < -0.3 is 15.0 Å². The van der Waals surface area contributed by atoms with Gasteiger partial charge in [-0.25, -0.2) is 4.39 Å². The van der Waals surface area contributed by atoms with Crippen molar-refractivity contribution in [3.8, 4) is 0 Å². The van der Waals surface area contributed by atoms with Crippen LogP contribution < -0.4 is 5.32 Å². The number of nitrogens with zero attached hydrogens (tertiary/aromatic N) is 2. The molecule has 1 N–H and O–H groups in total. The monoisotopic (exact) mass is 441 g/mol. The number of anilines is 1. The second-order valence-electron chi connectivity index (χ2n) is 8.51. The second kappa shape index (κ2) is 8.34. The Hall–Kier alpha value is -2.28. The van der Waals surface area contributed by atoms with Crippen molar-refractivity contribution < 1.29 is 13.9 Å². The molecule has 7 heteroatoms. The van der Waals surface area contributed by atoms with Gasteiger partial charge in [-0.15, -0.1) is 0 Å². The molecule has 3 atom stereocenters. The van der Waals surface area contributed by atoms with Crippen molar-refractivity contribution in [3.05, 3.63) is 63.9 Å². The number of likely N-dealkylation sites (tertiary alicyclic amines) is 1. The number of nitrogens with one attached hydrogen (secondary N) is 1. The van der Waals surface area contributed by atoms with Crippen LogP contribution in [0.5, 0.6) is 0 Å². The average molecular weight is 442 g/mol. The molecule has 31 heavy (non-hydrogen) atoms. The Bertz CT molecular complexity index is 1060. The van der Waals surface area contributed by atoms with Crippen LogP contribution >= 0.6 is 11.6 Å². The number of carbonyl (C=O) groups excluding carboxylic acids is 1. The molecule has 0 saturated carbocycles. The third-order valence-electron chi connectivity index (χ3n) is 6.70. The van der Waals surface area contributed by atoms with Crippen molar-refractivity contribution in [1.29, 1.82) is 0 Å². The van der Waals surface area contributed by atoms with Gasteiger partial charge >= 0.3 is 0 Å². The fraction of sp³-hybridized carbons (Fsp3) is 0.417. The number of methoxy groups -OCH3 is 1. The zero-order valence-electron chi connectivity index (χ0n) is 17.4. The first-order valence-corrected chi connectivity index (χ1v) is 11.1. The Morgan fingerprint density at radius 2 is 2.16 bits per heavy atom. The molecule has 0 radical (unpaired) electrons. The molecule has 1 saturated heterocycles. The summed E-state index contributed by atoms with van der Waals surface area (Å²) in [5.41, 5.74) is 3.64. The Morgan fingerprint density at radius 1 is 1.32 bits per heavy atom. The van der Waals surface area contributed by atoms with Crippen molar-refractivity contribution in [3.63, 3.8) is 0 Å². The number of hydrogen-bond donors (Lipinski definition) is 1. The summed E-state index contributed by atoms with van der Waals surface area (Å²) >= 11 is 6.65. The molecule has 2 aromatic rings. The van der Waals surface area contributed by atoms with E-state index >= 15 is 0 Å². The molecule has 5 rings (SSSR count). The summed E-state index contributed by atoms with van der Waals surface area (Å²) in [5.74, 6) is -0.326. The number of ether oxygens (including phenoxy) is 1. The fourth-order valence-corrected chi connectivity index (χ4v) is 5.52. The number of halogens is 2. The number of rotatable bonds is 5. The fourth-order valence-electron chi connectivity index (χ4n) is 5.26. The highest BCUT2D eigenvalue weighted by molar-refractivity contribution is 6.32. The van der Waals surface area contributed by atoms with Crippen LogP contribution in [0.15, 0.2) is 41.4 Å². The third kappa shape index (κ3) is 3.67. The largest absolute Gasteiger partial charge is 0.383 e. The van der Waals surface area contributed by atoms with Crippen LogP contribution in [0.3, 0.4) is 0 Å². The smallest absolute Gasteiger partial charge is 0.185 e. The van der Waals surface area contributed by atoms with Crippen LogP contribution in [0.1, 0.15) is 33.8 Å². The van der Waals surface area contributed by atoms with E-state index in [9.17, 15) is 9.18 Å². The Morgan fingerprint density at radius 3 is 2.97 bits per heavy atom. The molecule has 162 valence electrons. The van der Waals surface area contributed by atoms with Gasteiger partial charge in [0, 0.05) is 54.0 Å². The SMILES string of the molecule is COCCN1CC[C@@H]([C@H]2Nc3cc(F)cc4c3C(=NCC4=O)[C@@H]2c2ccccc2Cl)C1. The number of benzene rings is 2. The summed E-state index contributed by atoms with van der Waals surface area (Å²) in [4.78, 5) is 19.6. The molecule has 0 aliphatic carbocycles. The quantitative estimate of drug-likeness (QED) is 0.761. The lowest BCUT2D eigenvalue weighted by atomic mass is 9.73. The van der Waals surface area contributed by atoms with E-state index in [0.29, 0.717) is 28.8 Å². The first-order chi connectivity index (χ1) is 15.1. The topological polar surface area (TPSA) is 53.9 Å². The third-order valence-corrected chi connectivity index (χ3v) is 7.04. The number of Topliss-reactive ketones (excluding diaryl/α,β-unsaturated/α-hetero) is 1. The van der Waals surface area contributed by atoms with E-state index in [1.807, 2.05) is 24.3 Å². The minimum atomic E-state index is -0.404. The van der Waals surface area contributed by atoms with Gasteiger partial charge in [-0.1, -0.05) is 29.8 Å². The Labute approximate surface area is 186 Å². The molecule has 3 heterocycles. The first kappa shape index (κ1) is 20.6. The Balaban J connectivity index is 1.60. The lowest BCUT2D eigenvalue weighted by molar-refractivity contribution is 0.0999. The van der Waals surface area contributed by atoms with E-state index in [1.165, 1.54) is 12.1 Å². The predicted molar refractivity (Wildman–Crippen MR) is 120 cm³/mol. The highest BCUT2D eigenvalue weighted by Crippen LogP contribution is 2.44. The van der Waals surface area contributed by atoms with E-state index in [4.69, 9.17) is 21.3 Å². The molecule has 0 amide bonds. The molecule has 0 aromatic heterocycles. The second-order valence-corrected chi connectivity index (χ2v) is 8.92. The standard InChI is InChI=1S/C24H25ClFN3O2/c1-31-9-8-29-7-6-14(13-29)23-22(16-4-2-3-5-18(16)25)24-21-17(20(30)12-27-24)10-15(26)11-19(21)28-23/h2-5,10-11,14,22-23,28H,6-9,12-13H2,1H3/t14-,22-,23-/m1/s1. The minimum Gasteiger partial charge on any atom is -0.383 e. The van der Waals surface area contributed by atoms with E-state index in [2.05, 4.69) is 10.2 Å². The van der Waals surface area contributed by atoms with Crippen LogP contribution in [0.25, 0.3) is 0 Å².